The summed E-state index contributed by atoms with van der Waals surface area (Å²) in [4.78, 5) is 25.4. The molecule has 0 aromatic heterocycles. The Morgan fingerprint density at radius 3 is 2.58 bits per heavy atom. The normalized spacial score (nSPS) is 18.1. The number of ether oxygens (including phenoxy) is 3. The Morgan fingerprint density at radius 2 is 1.91 bits per heavy atom. The van der Waals surface area contributed by atoms with Crippen molar-refractivity contribution in [2.45, 2.75) is 31.8 Å². The average molecular weight is 492 g/mol. The van der Waals surface area contributed by atoms with Gasteiger partial charge >= 0.3 is 5.97 Å². The van der Waals surface area contributed by atoms with Gasteiger partial charge in [0.05, 0.1) is 23.1 Å². The number of ketones is 1. The zero-order valence-corrected chi connectivity index (χ0v) is 19.1. The molecule has 0 amide bonds. The number of benzene rings is 2. The smallest absolute Gasteiger partial charge is 0.340 e. The molecule has 1 heterocycles. The van der Waals surface area contributed by atoms with Crippen LogP contribution in [0.15, 0.2) is 59.2 Å². The van der Waals surface area contributed by atoms with E-state index in [2.05, 4.69) is 0 Å². The molecule has 0 saturated carbocycles. The third-order valence-electron chi connectivity index (χ3n) is 5.57. The number of esters is 1. The monoisotopic (exact) mass is 491 g/mol. The van der Waals surface area contributed by atoms with Gasteiger partial charge in [-0.05, 0) is 30.2 Å². The van der Waals surface area contributed by atoms with Gasteiger partial charge in [-0.2, -0.15) is 0 Å². The molecule has 2 aromatic carbocycles. The largest absolute Gasteiger partial charge is 0.486 e. The molecule has 0 unspecified atom stereocenters. The molecule has 0 bridgehead atoms. The fourth-order valence-corrected chi connectivity index (χ4v) is 4.66. The van der Waals surface area contributed by atoms with Crippen molar-refractivity contribution in [3.05, 3.63) is 86.2 Å². The van der Waals surface area contributed by atoms with E-state index in [1.165, 1.54) is 13.2 Å². The van der Waals surface area contributed by atoms with Gasteiger partial charge in [-0.15, -0.1) is 0 Å². The third kappa shape index (κ3) is 4.43. The molecule has 33 heavy (non-hydrogen) atoms. The molecule has 2 aromatic rings. The van der Waals surface area contributed by atoms with Gasteiger partial charge in [0.2, 0.25) is 5.88 Å². The van der Waals surface area contributed by atoms with Gasteiger partial charge in [-0.3, -0.25) is 4.79 Å². The number of hydrogen-bond acceptors (Lipinski definition) is 6. The van der Waals surface area contributed by atoms with E-state index in [1.54, 1.807) is 30.3 Å². The van der Waals surface area contributed by atoms with E-state index >= 15 is 0 Å². The Kier molecular flexibility index (Phi) is 6.63. The molecule has 1 aliphatic heterocycles. The van der Waals surface area contributed by atoms with Crippen molar-refractivity contribution in [2.75, 3.05) is 7.11 Å². The summed E-state index contributed by atoms with van der Waals surface area (Å²) in [7, 11) is 1.21. The predicted molar refractivity (Wildman–Crippen MR) is 120 cm³/mol. The van der Waals surface area contributed by atoms with Crippen molar-refractivity contribution < 1.29 is 28.2 Å². The second-order valence-electron chi connectivity index (χ2n) is 7.61. The Morgan fingerprint density at radius 1 is 1.21 bits per heavy atom. The summed E-state index contributed by atoms with van der Waals surface area (Å²) in [5, 5.41) is 0.266. The lowest BCUT2D eigenvalue weighted by atomic mass is 9.77. The van der Waals surface area contributed by atoms with Crippen LogP contribution in [0, 0.1) is 5.82 Å². The molecular formula is C24H20Cl2FNO5. The fraction of sp³-hybridized carbons (Fsp3) is 0.250. The van der Waals surface area contributed by atoms with Crippen molar-refractivity contribution in [1.82, 2.24) is 0 Å². The molecular weight excluding hydrogens is 472 g/mol. The Balaban J connectivity index is 1.75. The molecule has 1 atom stereocenters. The minimum absolute atomic E-state index is 0.00124. The summed E-state index contributed by atoms with van der Waals surface area (Å²) < 4.78 is 30.1. The summed E-state index contributed by atoms with van der Waals surface area (Å²) in [5.41, 5.74) is 7.18. The molecule has 0 fully saturated rings. The van der Waals surface area contributed by atoms with E-state index < -0.39 is 17.7 Å². The third-order valence-corrected chi connectivity index (χ3v) is 6.14. The van der Waals surface area contributed by atoms with Crippen LogP contribution in [0.2, 0.25) is 10.0 Å². The number of carbonyl (C=O) groups is 2. The van der Waals surface area contributed by atoms with Crippen LogP contribution in [0.1, 0.15) is 36.3 Å². The van der Waals surface area contributed by atoms with E-state index in [9.17, 15) is 14.0 Å². The maximum absolute atomic E-state index is 13.9. The first kappa shape index (κ1) is 23.1. The SMILES string of the molecule is COC(=O)C1=C(N)OC2=C(C(=O)CCC2)[C@@H]1c1cc(Cl)c(OCc2ccccc2F)c(Cl)c1. The highest BCUT2D eigenvalue weighted by molar-refractivity contribution is 6.37. The minimum atomic E-state index is -0.857. The summed E-state index contributed by atoms with van der Waals surface area (Å²) in [6.07, 6.45) is 1.45. The highest BCUT2D eigenvalue weighted by atomic mass is 35.5. The van der Waals surface area contributed by atoms with E-state index in [0.717, 1.165) is 0 Å². The molecule has 4 rings (SSSR count). The van der Waals surface area contributed by atoms with Crippen LogP contribution in [-0.4, -0.2) is 18.9 Å². The van der Waals surface area contributed by atoms with Crippen molar-refractivity contribution in [3.63, 3.8) is 0 Å². The highest BCUT2D eigenvalue weighted by Gasteiger charge is 2.41. The number of halogens is 3. The standard InChI is InChI=1S/C24H20Cl2FNO5/c1-31-24(30)21-19(20-17(29)7-4-8-18(20)33-23(21)28)13-9-14(25)22(15(26)10-13)32-11-12-5-2-3-6-16(12)27/h2-3,5-6,9-10,19H,4,7-8,11,28H2,1H3/t19-/m0/s1. The van der Waals surface area contributed by atoms with Crippen molar-refractivity contribution in [2.24, 2.45) is 5.73 Å². The number of Topliss-reactive ketones (excluding diaryl/α,β-unsaturated/α-hetero) is 1. The minimum Gasteiger partial charge on any atom is -0.486 e. The van der Waals surface area contributed by atoms with Gasteiger partial charge in [0.1, 0.15) is 23.8 Å². The number of nitrogens with two attached hydrogens (primary N) is 1. The van der Waals surface area contributed by atoms with E-state index in [0.29, 0.717) is 41.7 Å². The van der Waals surface area contributed by atoms with Crippen LogP contribution in [-0.2, 0) is 25.7 Å². The first-order valence-electron chi connectivity index (χ1n) is 10.2. The molecule has 9 heteroatoms. The zero-order chi connectivity index (χ0) is 23.7. The molecule has 1 aliphatic carbocycles. The van der Waals surface area contributed by atoms with Crippen LogP contribution < -0.4 is 10.5 Å². The van der Waals surface area contributed by atoms with Gasteiger partial charge in [-0.1, -0.05) is 41.4 Å². The highest BCUT2D eigenvalue weighted by Crippen LogP contribution is 2.46. The number of carbonyl (C=O) groups excluding carboxylic acids is 2. The molecule has 0 radical (unpaired) electrons. The maximum atomic E-state index is 13.9. The van der Waals surface area contributed by atoms with E-state index in [-0.39, 0.29) is 39.6 Å². The Hall–Kier alpha value is -3.03. The number of allylic oxidation sites excluding steroid dienone is 2. The van der Waals surface area contributed by atoms with Crippen LogP contribution in [0.5, 0.6) is 5.75 Å². The Bertz CT molecular complexity index is 1180. The van der Waals surface area contributed by atoms with Crippen molar-refractivity contribution in [1.29, 1.82) is 0 Å². The van der Waals surface area contributed by atoms with Crippen molar-refractivity contribution in [3.8, 4) is 5.75 Å². The van der Waals surface area contributed by atoms with Crippen molar-refractivity contribution >= 4 is 35.0 Å². The van der Waals surface area contributed by atoms with Gasteiger partial charge < -0.3 is 19.9 Å². The first-order valence-corrected chi connectivity index (χ1v) is 10.9. The average Bonchev–Trinajstić information content (AvgIpc) is 2.78. The molecule has 172 valence electrons. The second-order valence-corrected chi connectivity index (χ2v) is 8.43. The summed E-state index contributed by atoms with van der Waals surface area (Å²) in [5.74, 6) is -1.71. The predicted octanol–water partition coefficient (Wildman–Crippen LogP) is 5.18. The van der Waals surface area contributed by atoms with Gasteiger partial charge in [0, 0.05) is 24.0 Å². The Labute approximate surface area is 199 Å². The number of rotatable bonds is 5. The lowest BCUT2D eigenvalue weighted by molar-refractivity contribution is -0.136. The van der Waals surface area contributed by atoms with Crippen LogP contribution in [0.3, 0.4) is 0 Å². The molecule has 2 N–H and O–H groups in total. The number of hydrogen-bond donors (Lipinski definition) is 1. The molecule has 0 saturated heterocycles. The van der Waals surface area contributed by atoms with Crippen LogP contribution in [0.4, 0.5) is 4.39 Å². The molecule has 2 aliphatic rings. The summed E-state index contributed by atoms with van der Waals surface area (Å²) in [6, 6.07) is 9.28. The molecule has 0 spiro atoms. The topological polar surface area (TPSA) is 87.9 Å². The summed E-state index contributed by atoms with van der Waals surface area (Å²) >= 11 is 12.9. The van der Waals surface area contributed by atoms with Gasteiger partial charge in [-0.25, -0.2) is 9.18 Å². The van der Waals surface area contributed by atoms with Crippen LogP contribution >= 0.6 is 23.2 Å². The van der Waals surface area contributed by atoms with Gasteiger partial charge in [0.15, 0.2) is 11.5 Å². The van der Waals surface area contributed by atoms with Gasteiger partial charge in [0.25, 0.3) is 0 Å². The lowest BCUT2D eigenvalue weighted by Crippen LogP contribution is -2.31. The number of methoxy groups -OCH3 is 1. The van der Waals surface area contributed by atoms with Crippen LogP contribution in [0.25, 0.3) is 0 Å². The fourth-order valence-electron chi connectivity index (χ4n) is 4.05. The first-order chi connectivity index (χ1) is 15.8. The molecule has 6 nitrogen and oxygen atoms in total. The zero-order valence-electron chi connectivity index (χ0n) is 17.6. The van der Waals surface area contributed by atoms with E-state index in [4.69, 9.17) is 43.1 Å². The second kappa shape index (κ2) is 9.45. The maximum Gasteiger partial charge on any atom is 0.340 e. The summed E-state index contributed by atoms with van der Waals surface area (Å²) in [6.45, 7) is -0.0865. The van der Waals surface area contributed by atoms with E-state index in [1.807, 2.05) is 0 Å². The quantitative estimate of drug-likeness (QED) is 0.580. The lowest BCUT2D eigenvalue weighted by Gasteiger charge is -2.32.